The van der Waals surface area contributed by atoms with E-state index in [-0.39, 0.29) is 0 Å². The molecule has 3 aromatic carbocycles. The summed E-state index contributed by atoms with van der Waals surface area (Å²) >= 11 is 0. The third-order valence-electron chi connectivity index (χ3n) is 5.24. The van der Waals surface area contributed by atoms with E-state index >= 15 is 0 Å². The van der Waals surface area contributed by atoms with Crippen LogP contribution in [0.4, 0.5) is 0 Å². The zero-order valence-corrected chi connectivity index (χ0v) is 14.6. The minimum Gasteiger partial charge on any atom is -0.0622 e. The van der Waals surface area contributed by atoms with Gasteiger partial charge in [0.25, 0.3) is 0 Å². The molecule has 4 rings (SSSR count). The molecule has 0 aromatic heterocycles. The highest BCUT2D eigenvalue weighted by Gasteiger charge is 2.23. The smallest absolute Gasteiger partial charge is 0.0119 e. The predicted molar refractivity (Wildman–Crippen MR) is 106 cm³/mol. The van der Waals surface area contributed by atoms with Crippen LogP contribution < -0.4 is 0 Å². The van der Waals surface area contributed by atoms with Gasteiger partial charge in [0.05, 0.1) is 0 Å². The van der Waals surface area contributed by atoms with Crippen LogP contribution >= 0.6 is 0 Å². The molecular formula is C25H24. The summed E-state index contributed by atoms with van der Waals surface area (Å²) in [5, 5.41) is 0. The number of benzene rings is 3. The van der Waals surface area contributed by atoms with Crippen LogP contribution in [0.15, 0.2) is 96.6 Å². The first-order chi connectivity index (χ1) is 12.4. The second-order valence-electron chi connectivity index (χ2n) is 7.01. The molecule has 0 nitrogen and oxygen atoms in total. The molecule has 1 unspecified atom stereocenters. The first kappa shape index (κ1) is 15.9. The molecule has 0 aliphatic heterocycles. The highest BCUT2D eigenvalue weighted by atomic mass is 14.3. The van der Waals surface area contributed by atoms with E-state index in [0.29, 0.717) is 0 Å². The molecule has 0 bridgehead atoms. The summed E-state index contributed by atoms with van der Waals surface area (Å²) in [6.07, 6.45) is 4.93. The van der Waals surface area contributed by atoms with Crippen molar-refractivity contribution in [3.8, 4) is 0 Å². The minimum absolute atomic E-state index is 0.764. The molecule has 0 heteroatoms. The second-order valence-corrected chi connectivity index (χ2v) is 7.01. The summed E-state index contributed by atoms with van der Waals surface area (Å²) in [6, 6.07) is 32.7. The van der Waals surface area contributed by atoms with E-state index in [1.54, 1.807) is 5.57 Å². The summed E-state index contributed by atoms with van der Waals surface area (Å²) in [7, 11) is 0. The van der Waals surface area contributed by atoms with Crippen LogP contribution in [-0.4, -0.2) is 0 Å². The van der Waals surface area contributed by atoms with Crippen LogP contribution in [0.25, 0.3) is 5.57 Å². The van der Waals surface area contributed by atoms with E-state index in [0.717, 1.165) is 5.92 Å². The maximum Gasteiger partial charge on any atom is -0.0119 e. The lowest BCUT2D eigenvalue weighted by atomic mass is 9.91. The van der Waals surface area contributed by atoms with Gasteiger partial charge in [0.2, 0.25) is 0 Å². The minimum atomic E-state index is 0.764. The van der Waals surface area contributed by atoms with Gasteiger partial charge in [-0.15, -0.1) is 0 Å². The van der Waals surface area contributed by atoms with Crippen molar-refractivity contribution >= 4 is 5.57 Å². The molecule has 124 valence electrons. The highest BCUT2D eigenvalue weighted by molar-refractivity contribution is 5.82. The number of allylic oxidation sites excluding steroid dienone is 1. The van der Waals surface area contributed by atoms with Gasteiger partial charge in [0.15, 0.2) is 0 Å². The van der Waals surface area contributed by atoms with Gasteiger partial charge in [-0.1, -0.05) is 96.6 Å². The predicted octanol–water partition coefficient (Wildman–Crippen LogP) is 6.53. The van der Waals surface area contributed by atoms with Crippen molar-refractivity contribution in [2.24, 2.45) is 5.92 Å². The normalized spacial score (nSPS) is 16.8. The van der Waals surface area contributed by atoms with Crippen molar-refractivity contribution < 1.29 is 0 Å². The van der Waals surface area contributed by atoms with Gasteiger partial charge in [-0.3, -0.25) is 0 Å². The molecule has 1 atom stereocenters. The Kier molecular flexibility index (Phi) is 4.79. The molecule has 0 amide bonds. The fourth-order valence-electron chi connectivity index (χ4n) is 4.06. The first-order valence-corrected chi connectivity index (χ1v) is 9.27. The van der Waals surface area contributed by atoms with E-state index in [1.807, 2.05) is 0 Å². The molecule has 25 heavy (non-hydrogen) atoms. The zero-order valence-electron chi connectivity index (χ0n) is 14.6. The van der Waals surface area contributed by atoms with Crippen LogP contribution in [0.1, 0.15) is 36.0 Å². The summed E-state index contributed by atoms with van der Waals surface area (Å²) in [4.78, 5) is 0. The molecule has 0 N–H and O–H groups in total. The Balaban J connectivity index is 1.65. The van der Waals surface area contributed by atoms with Gasteiger partial charge in [0, 0.05) is 0 Å². The lowest BCUT2D eigenvalue weighted by Gasteiger charge is -2.14. The van der Waals surface area contributed by atoms with E-state index in [9.17, 15) is 0 Å². The van der Waals surface area contributed by atoms with Crippen molar-refractivity contribution in [2.75, 3.05) is 0 Å². The van der Waals surface area contributed by atoms with Crippen molar-refractivity contribution in [2.45, 2.75) is 25.7 Å². The molecule has 0 spiro atoms. The van der Waals surface area contributed by atoms with Gasteiger partial charge < -0.3 is 0 Å². The van der Waals surface area contributed by atoms with Gasteiger partial charge in [-0.25, -0.2) is 0 Å². The second kappa shape index (κ2) is 7.53. The Morgan fingerprint density at radius 2 is 1.20 bits per heavy atom. The Morgan fingerprint density at radius 3 is 1.76 bits per heavy atom. The maximum atomic E-state index is 2.26. The summed E-state index contributed by atoms with van der Waals surface area (Å²) in [6.45, 7) is 0. The van der Waals surface area contributed by atoms with Crippen molar-refractivity contribution in [3.63, 3.8) is 0 Å². The Hall–Kier alpha value is -2.60. The van der Waals surface area contributed by atoms with Gasteiger partial charge in [0.1, 0.15) is 0 Å². The molecular weight excluding hydrogens is 300 g/mol. The van der Waals surface area contributed by atoms with Crippen LogP contribution in [0.3, 0.4) is 0 Å². The van der Waals surface area contributed by atoms with Crippen LogP contribution in [0.5, 0.6) is 0 Å². The Labute approximate surface area is 150 Å². The van der Waals surface area contributed by atoms with E-state index < -0.39 is 0 Å². The molecule has 0 heterocycles. The van der Waals surface area contributed by atoms with Crippen LogP contribution in [-0.2, 0) is 6.42 Å². The van der Waals surface area contributed by atoms with Crippen molar-refractivity contribution in [1.82, 2.24) is 0 Å². The largest absolute Gasteiger partial charge is 0.0622 e. The Morgan fingerprint density at radius 1 is 0.680 bits per heavy atom. The quantitative estimate of drug-likeness (QED) is 0.511. The molecule has 0 saturated heterocycles. The van der Waals surface area contributed by atoms with Gasteiger partial charge in [-0.2, -0.15) is 0 Å². The molecule has 1 saturated carbocycles. The van der Waals surface area contributed by atoms with Crippen molar-refractivity contribution in [1.29, 1.82) is 0 Å². The average Bonchev–Trinajstić information content (AvgIpc) is 3.12. The van der Waals surface area contributed by atoms with Crippen LogP contribution in [0.2, 0.25) is 0 Å². The third-order valence-corrected chi connectivity index (χ3v) is 5.24. The fraction of sp³-hybridized carbons (Fsp3) is 0.200. The van der Waals surface area contributed by atoms with Gasteiger partial charge in [-0.05, 0) is 53.9 Å². The SMILES string of the molecule is c1ccc(CC2CCC(=C(c3ccccc3)c3ccccc3)C2)cc1. The molecule has 0 radical (unpaired) electrons. The molecule has 3 aromatic rings. The fourth-order valence-corrected chi connectivity index (χ4v) is 4.06. The standard InChI is InChI=1S/C25H24/c1-4-10-20(11-5-1)18-21-16-17-24(19-21)25(22-12-6-2-7-13-22)23-14-8-3-9-15-23/h1-15,21H,16-19H2. The highest BCUT2D eigenvalue weighted by Crippen LogP contribution is 2.39. The number of hydrogen-bond donors (Lipinski definition) is 0. The summed E-state index contributed by atoms with van der Waals surface area (Å²) in [5.41, 5.74) is 7.25. The average molecular weight is 324 g/mol. The monoisotopic (exact) mass is 324 g/mol. The lowest BCUT2D eigenvalue weighted by molar-refractivity contribution is 0.554. The lowest BCUT2D eigenvalue weighted by Crippen LogP contribution is -1.99. The Bertz CT molecular complexity index is 787. The topological polar surface area (TPSA) is 0 Å². The van der Waals surface area contributed by atoms with Crippen LogP contribution in [0, 0.1) is 5.92 Å². The van der Waals surface area contributed by atoms with E-state index in [4.69, 9.17) is 0 Å². The molecule has 1 fully saturated rings. The third kappa shape index (κ3) is 3.74. The first-order valence-electron chi connectivity index (χ1n) is 9.27. The molecule has 1 aliphatic carbocycles. The number of rotatable bonds is 4. The molecule has 1 aliphatic rings. The maximum absolute atomic E-state index is 2.26. The van der Waals surface area contributed by atoms with E-state index in [1.165, 1.54) is 47.9 Å². The van der Waals surface area contributed by atoms with Crippen molar-refractivity contribution in [3.05, 3.63) is 113 Å². The zero-order chi connectivity index (χ0) is 16.9. The van der Waals surface area contributed by atoms with E-state index in [2.05, 4.69) is 91.0 Å². The summed E-state index contributed by atoms with van der Waals surface area (Å²) in [5.74, 6) is 0.764. The van der Waals surface area contributed by atoms with Gasteiger partial charge >= 0.3 is 0 Å². The number of hydrogen-bond acceptors (Lipinski definition) is 0. The summed E-state index contributed by atoms with van der Waals surface area (Å²) < 4.78 is 0.